The van der Waals surface area contributed by atoms with Crippen molar-refractivity contribution in [2.24, 2.45) is 0 Å². The average Bonchev–Trinajstić information content (AvgIpc) is 3.32. The lowest BCUT2D eigenvalue weighted by Crippen LogP contribution is -2.32. The Kier molecular flexibility index (Phi) is 6.26. The number of aromatic nitrogens is 6. The Bertz CT molecular complexity index is 1230. The summed E-state index contributed by atoms with van der Waals surface area (Å²) in [7, 11) is 0. The van der Waals surface area contributed by atoms with Gasteiger partial charge in [0.2, 0.25) is 0 Å². The minimum atomic E-state index is 0.387. The van der Waals surface area contributed by atoms with Crippen LogP contribution in [0.25, 0.3) is 22.2 Å². The Morgan fingerprint density at radius 1 is 0.909 bits per heavy atom. The van der Waals surface area contributed by atoms with E-state index < -0.39 is 0 Å². The highest BCUT2D eigenvalue weighted by atomic mass is 15.3. The van der Waals surface area contributed by atoms with E-state index in [4.69, 9.17) is 4.98 Å². The highest BCUT2D eigenvalue weighted by Gasteiger charge is 2.11. The van der Waals surface area contributed by atoms with E-state index in [0.29, 0.717) is 17.6 Å². The second kappa shape index (κ2) is 9.62. The lowest BCUT2D eigenvalue weighted by molar-refractivity contribution is 0.218. The first-order valence-corrected chi connectivity index (χ1v) is 11.8. The number of rotatable bonds is 7. The summed E-state index contributed by atoms with van der Waals surface area (Å²) in [5, 5.41) is 16.1. The van der Waals surface area contributed by atoms with Crippen molar-refractivity contribution in [2.75, 3.05) is 25.0 Å². The zero-order valence-electron chi connectivity index (χ0n) is 19.3. The molecule has 5 heterocycles. The van der Waals surface area contributed by atoms with Crippen molar-refractivity contribution < 1.29 is 0 Å². The van der Waals surface area contributed by atoms with E-state index in [9.17, 15) is 0 Å². The summed E-state index contributed by atoms with van der Waals surface area (Å²) in [6.07, 6.45) is 11.7. The topological polar surface area (TPSA) is 84.7 Å². The maximum atomic E-state index is 4.76. The number of pyridine rings is 2. The largest absolute Gasteiger partial charge is 0.323 e. The molecule has 1 fully saturated rings. The van der Waals surface area contributed by atoms with Gasteiger partial charge in [-0.3, -0.25) is 9.67 Å². The van der Waals surface area contributed by atoms with E-state index in [1.54, 1.807) is 6.20 Å². The smallest absolute Gasteiger partial charge is 0.154 e. The van der Waals surface area contributed by atoms with Gasteiger partial charge in [0.1, 0.15) is 5.82 Å². The molecule has 0 spiro atoms. The lowest BCUT2D eigenvalue weighted by Gasteiger charge is -2.26. The summed E-state index contributed by atoms with van der Waals surface area (Å²) in [6.45, 7) is 8.64. The molecule has 0 bridgehead atoms. The second-order valence-corrected chi connectivity index (χ2v) is 9.01. The molecule has 8 heteroatoms. The molecule has 1 saturated heterocycles. The summed E-state index contributed by atoms with van der Waals surface area (Å²) in [4.78, 5) is 11.9. The SMILES string of the molecule is CC(C)c1cnnc(Nc2ccc3ncc(-c4cnn(CCN5CCCCC5)c4)cc3n2)c1. The van der Waals surface area contributed by atoms with E-state index >= 15 is 0 Å². The molecule has 0 unspecified atom stereocenters. The molecular formula is C25H30N8. The van der Waals surface area contributed by atoms with Crippen LogP contribution in [0, 0.1) is 0 Å². The Morgan fingerprint density at radius 3 is 2.64 bits per heavy atom. The third kappa shape index (κ3) is 5.17. The molecule has 33 heavy (non-hydrogen) atoms. The molecule has 170 valence electrons. The third-order valence-corrected chi connectivity index (χ3v) is 6.20. The van der Waals surface area contributed by atoms with E-state index in [0.717, 1.165) is 40.8 Å². The van der Waals surface area contributed by atoms with Crippen LogP contribution in [-0.2, 0) is 6.54 Å². The summed E-state index contributed by atoms with van der Waals surface area (Å²) in [5.74, 6) is 1.79. The van der Waals surface area contributed by atoms with E-state index in [1.807, 2.05) is 35.3 Å². The van der Waals surface area contributed by atoms with Crippen LogP contribution in [0.1, 0.15) is 44.6 Å². The highest BCUT2D eigenvalue weighted by molar-refractivity contribution is 5.81. The maximum absolute atomic E-state index is 4.76. The summed E-state index contributed by atoms with van der Waals surface area (Å²) >= 11 is 0. The first-order chi connectivity index (χ1) is 16.1. The normalized spacial score (nSPS) is 14.8. The fourth-order valence-corrected chi connectivity index (χ4v) is 4.19. The third-order valence-electron chi connectivity index (χ3n) is 6.20. The van der Waals surface area contributed by atoms with Crippen LogP contribution in [0.2, 0.25) is 0 Å². The van der Waals surface area contributed by atoms with Gasteiger partial charge in [-0.2, -0.15) is 10.2 Å². The average molecular weight is 443 g/mol. The molecule has 5 rings (SSSR count). The maximum Gasteiger partial charge on any atom is 0.154 e. The number of nitrogens with zero attached hydrogens (tertiary/aromatic N) is 7. The van der Waals surface area contributed by atoms with Gasteiger partial charge in [-0.1, -0.05) is 20.3 Å². The van der Waals surface area contributed by atoms with Gasteiger partial charge in [-0.05, 0) is 61.7 Å². The van der Waals surface area contributed by atoms with Crippen LogP contribution in [0.3, 0.4) is 0 Å². The number of likely N-dealkylation sites (tertiary alicyclic amines) is 1. The van der Waals surface area contributed by atoms with Gasteiger partial charge in [0, 0.05) is 30.1 Å². The first-order valence-electron chi connectivity index (χ1n) is 11.8. The minimum absolute atomic E-state index is 0.387. The summed E-state index contributed by atoms with van der Waals surface area (Å²) < 4.78 is 2.03. The molecule has 0 atom stereocenters. The molecule has 1 aliphatic rings. The molecule has 4 aromatic heterocycles. The number of anilines is 2. The molecule has 0 aromatic carbocycles. The van der Waals surface area contributed by atoms with Crippen LogP contribution < -0.4 is 5.32 Å². The number of fused-ring (bicyclic) bond motifs is 1. The second-order valence-electron chi connectivity index (χ2n) is 9.01. The van der Waals surface area contributed by atoms with Crippen molar-refractivity contribution in [2.45, 2.75) is 45.6 Å². The van der Waals surface area contributed by atoms with Gasteiger partial charge in [0.25, 0.3) is 0 Å². The van der Waals surface area contributed by atoms with Crippen molar-refractivity contribution >= 4 is 22.7 Å². The van der Waals surface area contributed by atoms with Crippen molar-refractivity contribution in [3.05, 3.63) is 54.6 Å². The van der Waals surface area contributed by atoms with Gasteiger partial charge in [-0.15, -0.1) is 5.10 Å². The monoisotopic (exact) mass is 442 g/mol. The van der Waals surface area contributed by atoms with Crippen LogP contribution in [0.15, 0.2) is 49.1 Å². The van der Waals surface area contributed by atoms with Gasteiger partial charge in [-0.25, -0.2) is 4.98 Å². The fraction of sp³-hybridized carbons (Fsp3) is 0.400. The standard InChI is InChI=1S/C25H30N8/c1-18(2)19-13-25(31-27-15-19)30-24-7-6-22-23(29-24)12-20(14-26-22)21-16-28-33(17-21)11-10-32-8-4-3-5-9-32/h6-7,12-18H,3-5,8-11H2,1-2H3,(H,29,30,31). The van der Waals surface area contributed by atoms with E-state index in [-0.39, 0.29) is 0 Å². The minimum Gasteiger partial charge on any atom is -0.323 e. The fourth-order valence-electron chi connectivity index (χ4n) is 4.19. The van der Waals surface area contributed by atoms with Crippen molar-refractivity contribution in [1.29, 1.82) is 0 Å². The molecule has 4 aromatic rings. The molecule has 8 nitrogen and oxygen atoms in total. The number of hydrogen-bond acceptors (Lipinski definition) is 7. The van der Waals surface area contributed by atoms with E-state index in [1.165, 1.54) is 32.4 Å². The molecule has 1 N–H and O–H groups in total. The molecule has 0 aliphatic carbocycles. The van der Waals surface area contributed by atoms with Crippen LogP contribution in [-0.4, -0.2) is 54.5 Å². The van der Waals surface area contributed by atoms with Crippen molar-refractivity contribution in [3.63, 3.8) is 0 Å². The zero-order chi connectivity index (χ0) is 22.6. The molecule has 0 radical (unpaired) electrons. The molecular weight excluding hydrogens is 412 g/mol. The first kappa shape index (κ1) is 21.5. The van der Waals surface area contributed by atoms with Gasteiger partial charge >= 0.3 is 0 Å². The Hall–Kier alpha value is -3.39. The summed E-state index contributed by atoms with van der Waals surface area (Å²) in [5.41, 5.74) is 4.88. The van der Waals surface area contributed by atoms with Crippen LogP contribution in [0.4, 0.5) is 11.6 Å². The zero-order valence-corrected chi connectivity index (χ0v) is 19.3. The van der Waals surface area contributed by atoms with Crippen LogP contribution in [0.5, 0.6) is 0 Å². The van der Waals surface area contributed by atoms with Crippen molar-refractivity contribution in [3.8, 4) is 11.1 Å². The Balaban J connectivity index is 1.31. The van der Waals surface area contributed by atoms with Gasteiger partial charge < -0.3 is 10.2 Å². The van der Waals surface area contributed by atoms with Gasteiger partial charge in [0.05, 0.1) is 30.0 Å². The van der Waals surface area contributed by atoms with Gasteiger partial charge in [0.15, 0.2) is 5.82 Å². The Morgan fingerprint density at radius 2 is 1.79 bits per heavy atom. The molecule has 1 aliphatic heterocycles. The Labute approximate surface area is 194 Å². The summed E-state index contributed by atoms with van der Waals surface area (Å²) in [6, 6.07) is 7.96. The molecule has 0 amide bonds. The van der Waals surface area contributed by atoms with Crippen LogP contribution >= 0.6 is 0 Å². The number of hydrogen-bond donors (Lipinski definition) is 1. The highest BCUT2D eigenvalue weighted by Crippen LogP contribution is 2.24. The quantitative estimate of drug-likeness (QED) is 0.446. The predicted octanol–water partition coefficient (Wildman–Crippen LogP) is 4.64. The predicted molar refractivity (Wildman–Crippen MR) is 130 cm³/mol. The van der Waals surface area contributed by atoms with Crippen molar-refractivity contribution in [1.82, 2.24) is 34.8 Å². The number of nitrogens with one attached hydrogen (secondary N) is 1. The number of piperidine rings is 1. The lowest BCUT2D eigenvalue weighted by atomic mass is 10.1. The van der Waals surface area contributed by atoms with E-state index in [2.05, 4.69) is 56.6 Å². The molecule has 0 saturated carbocycles.